The van der Waals surface area contributed by atoms with Crippen LogP contribution in [0.4, 0.5) is 8.78 Å². The highest BCUT2D eigenvalue weighted by atomic mass is 19.3. The van der Waals surface area contributed by atoms with Gasteiger partial charge in [-0.3, -0.25) is 0 Å². The van der Waals surface area contributed by atoms with E-state index < -0.39 is 29.4 Å². The number of pyridine rings is 1. The van der Waals surface area contributed by atoms with Gasteiger partial charge in [0, 0.05) is 6.20 Å². The number of esters is 1. The molecular formula is C10H11F2NO3. The van der Waals surface area contributed by atoms with Crippen LogP contribution < -0.4 is 0 Å². The third kappa shape index (κ3) is 2.26. The van der Waals surface area contributed by atoms with Crippen LogP contribution in [0.25, 0.3) is 0 Å². The zero-order valence-corrected chi connectivity index (χ0v) is 8.83. The minimum atomic E-state index is -2.86. The molecule has 0 aliphatic rings. The summed E-state index contributed by atoms with van der Waals surface area (Å²) in [6.07, 6.45) is -1.76. The predicted octanol–water partition coefficient (Wildman–Crippen LogP) is 2.21. The number of hydrogen-bond acceptors (Lipinski definition) is 4. The number of halogens is 2. The molecule has 1 N–H and O–H groups in total. The summed E-state index contributed by atoms with van der Waals surface area (Å²) in [4.78, 5) is 14.8. The molecule has 1 aromatic rings. The van der Waals surface area contributed by atoms with Crippen molar-refractivity contribution in [1.82, 2.24) is 4.98 Å². The number of carbonyl (C=O) groups excluding carboxylic acids is 1. The Kier molecular flexibility index (Phi) is 3.76. The van der Waals surface area contributed by atoms with E-state index >= 15 is 0 Å². The molecule has 0 atom stereocenters. The highest BCUT2D eigenvalue weighted by molar-refractivity contribution is 5.90. The number of hydrogen-bond donors (Lipinski definition) is 1. The van der Waals surface area contributed by atoms with E-state index in [0.29, 0.717) is 0 Å². The van der Waals surface area contributed by atoms with E-state index in [4.69, 9.17) is 0 Å². The Morgan fingerprint density at radius 3 is 2.75 bits per heavy atom. The average Bonchev–Trinajstić information content (AvgIpc) is 2.17. The number of nitrogens with zero attached hydrogens (tertiary/aromatic N) is 1. The molecule has 6 heteroatoms. The Hall–Kier alpha value is -1.72. The highest BCUT2D eigenvalue weighted by Crippen LogP contribution is 2.32. The number of ether oxygens (including phenoxy) is 1. The molecule has 0 aliphatic heterocycles. The van der Waals surface area contributed by atoms with E-state index in [-0.39, 0.29) is 12.2 Å². The fourth-order valence-electron chi connectivity index (χ4n) is 1.23. The van der Waals surface area contributed by atoms with E-state index in [9.17, 15) is 18.7 Å². The Balaban J connectivity index is 3.23. The van der Waals surface area contributed by atoms with Crippen LogP contribution in [0.1, 0.15) is 35.0 Å². The van der Waals surface area contributed by atoms with E-state index in [2.05, 4.69) is 9.72 Å². The Labute approximate surface area is 90.9 Å². The van der Waals surface area contributed by atoms with Crippen molar-refractivity contribution in [1.29, 1.82) is 0 Å². The van der Waals surface area contributed by atoms with Gasteiger partial charge in [-0.05, 0) is 19.4 Å². The van der Waals surface area contributed by atoms with Crippen molar-refractivity contribution >= 4 is 5.97 Å². The maximum atomic E-state index is 12.6. The van der Waals surface area contributed by atoms with E-state index in [1.165, 1.54) is 6.92 Å². The highest BCUT2D eigenvalue weighted by Gasteiger charge is 2.23. The largest absolute Gasteiger partial charge is 0.505 e. The summed E-state index contributed by atoms with van der Waals surface area (Å²) in [6.45, 7) is 3.03. The van der Waals surface area contributed by atoms with Crippen LogP contribution >= 0.6 is 0 Å². The van der Waals surface area contributed by atoms with Gasteiger partial charge in [-0.1, -0.05) is 0 Å². The Morgan fingerprint density at radius 1 is 1.62 bits per heavy atom. The molecule has 0 bridgehead atoms. The Morgan fingerprint density at radius 2 is 2.25 bits per heavy atom. The molecule has 16 heavy (non-hydrogen) atoms. The van der Waals surface area contributed by atoms with Crippen molar-refractivity contribution in [2.75, 3.05) is 6.61 Å². The molecule has 0 radical (unpaired) electrons. The first-order valence-corrected chi connectivity index (χ1v) is 4.62. The van der Waals surface area contributed by atoms with Gasteiger partial charge in [0.15, 0.2) is 11.4 Å². The number of aromatic nitrogens is 1. The molecule has 1 aromatic heterocycles. The maximum Gasteiger partial charge on any atom is 0.360 e. The van der Waals surface area contributed by atoms with E-state index in [1.807, 2.05) is 0 Å². The van der Waals surface area contributed by atoms with Crippen LogP contribution in [0.5, 0.6) is 5.75 Å². The molecular weight excluding hydrogens is 220 g/mol. The monoisotopic (exact) mass is 231 g/mol. The molecule has 0 amide bonds. The molecule has 0 saturated carbocycles. The molecule has 0 saturated heterocycles. The maximum absolute atomic E-state index is 12.6. The van der Waals surface area contributed by atoms with Crippen LogP contribution in [-0.4, -0.2) is 22.7 Å². The lowest BCUT2D eigenvalue weighted by atomic mass is 10.1. The van der Waals surface area contributed by atoms with Crippen molar-refractivity contribution in [3.8, 4) is 5.75 Å². The van der Waals surface area contributed by atoms with Gasteiger partial charge in [0.2, 0.25) is 0 Å². The zero-order valence-electron chi connectivity index (χ0n) is 8.83. The fraction of sp³-hybridized carbons (Fsp3) is 0.400. The van der Waals surface area contributed by atoms with E-state index in [1.54, 1.807) is 6.92 Å². The normalized spacial score (nSPS) is 10.6. The fourth-order valence-corrected chi connectivity index (χ4v) is 1.23. The van der Waals surface area contributed by atoms with Gasteiger partial charge in [0.1, 0.15) is 0 Å². The lowest BCUT2D eigenvalue weighted by Crippen LogP contribution is -2.09. The zero-order chi connectivity index (χ0) is 12.3. The van der Waals surface area contributed by atoms with Crippen molar-refractivity contribution < 1.29 is 23.4 Å². The van der Waals surface area contributed by atoms with Crippen molar-refractivity contribution in [2.45, 2.75) is 20.3 Å². The third-order valence-corrected chi connectivity index (χ3v) is 1.98. The first kappa shape index (κ1) is 12.4. The summed E-state index contributed by atoms with van der Waals surface area (Å²) in [5.74, 6) is -1.73. The van der Waals surface area contributed by atoms with Crippen molar-refractivity contribution in [2.24, 2.45) is 0 Å². The number of aromatic hydroxyl groups is 1. The molecule has 4 nitrogen and oxygen atoms in total. The summed E-state index contributed by atoms with van der Waals surface area (Å²) in [5, 5.41) is 9.49. The Bertz CT molecular complexity index is 407. The molecule has 0 fully saturated rings. The van der Waals surface area contributed by atoms with Crippen molar-refractivity contribution in [3.63, 3.8) is 0 Å². The molecule has 1 rings (SSSR count). The minimum Gasteiger partial charge on any atom is -0.505 e. The van der Waals surface area contributed by atoms with Gasteiger partial charge in [-0.25, -0.2) is 18.6 Å². The second kappa shape index (κ2) is 4.87. The smallest absolute Gasteiger partial charge is 0.360 e. The molecule has 0 aliphatic carbocycles. The number of alkyl halides is 2. The second-order valence-electron chi connectivity index (χ2n) is 3.07. The molecule has 0 unspecified atom stereocenters. The standard InChI is InChI=1S/C10H11F2NO3/c1-3-16-10(15)7-8(14)6(9(11)12)5(2)4-13-7/h4,9,14H,3H2,1-2H3. The summed E-state index contributed by atoms with van der Waals surface area (Å²) in [5.41, 5.74) is -0.943. The summed E-state index contributed by atoms with van der Waals surface area (Å²) < 4.78 is 29.7. The van der Waals surface area contributed by atoms with Crippen LogP contribution in [0.2, 0.25) is 0 Å². The van der Waals surface area contributed by atoms with Gasteiger partial charge in [0.05, 0.1) is 12.2 Å². The van der Waals surface area contributed by atoms with Crippen LogP contribution in [-0.2, 0) is 4.74 Å². The SMILES string of the molecule is CCOC(=O)c1ncc(C)c(C(F)F)c1O. The number of carbonyl (C=O) groups is 1. The molecule has 88 valence electrons. The number of aryl methyl sites for hydroxylation is 1. The van der Waals surface area contributed by atoms with Gasteiger partial charge in [0.25, 0.3) is 6.43 Å². The number of rotatable bonds is 3. The minimum absolute atomic E-state index is 0.0812. The first-order valence-electron chi connectivity index (χ1n) is 4.62. The van der Waals surface area contributed by atoms with Gasteiger partial charge in [-0.15, -0.1) is 0 Å². The molecule has 0 aromatic carbocycles. The van der Waals surface area contributed by atoms with Crippen LogP contribution in [0, 0.1) is 6.92 Å². The topological polar surface area (TPSA) is 59.4 Å². The quantitative estimate of drug-likeness (QED) is 0.810. The molecule has 0 spiro atoms. The van der Waals surface area contributed by atoms with Crippen molar-refractivity contribution in [3.05, 3.63) is 23.0 Å². The van der Waals surface area contributed by atoms with E-state index in [0.717, 1.165) is 6.20 Å². The van der Waals surface area contributed by atoms with Gasteiger partial charge in [-0.2, -0.15) is 0 Å². The first-order chi connectivity index (χ1) is 7.49. The summed E-state index contributed by atoms with van der Waals surface area (Å²) in [7, 11) is 0. The lowest BCUT2D eigenvalue weighted by Gasteiger charge is -2.10. The van der Waals surface area contributed by atoms with Crippen LogP contribution in [0.3, 0.4) is 0 Å². The average molecular weight is 231 g/mol. The lowest BCUT2D eigenvalue weighted by molar-refractivity contribution is 0.0514. The predicted molar refractivity (Wildman–Crippen MR) is 51.6 cm³/mol. The summed E-state index contributed by atoms with van der Waals surface area (Å²) in [6, 6.07) is 0. The molecule has 1 heterocycles. The van der Waals surface area contributed by atoms with Crippen LogP contribution in [0.15, 0.2) is 6.20 Å². The third-order valence-electron chi connectivity index (χ3n) is 1.98. The van der Waals surface area contributed by atoms with Gasteiger partial charge >= 0.3 is 5.97 Å². The van der Waals surface area contributed by atoms with Gasteiger partial charge < -0.3 is 9.84 Å². The second-order valence-corrected chi connectivity index (χ2v) is 3.07. The summed E-state index contributed by atoms with van der Waals surface area (Å²) >= 11 is 0.